The number of benzene rings is 2. The first-order valence-electron chi connectivity index (χ1n) is 9.52. The number of aromatic nitrogens is 1. The molecule has 170 valence electrons. The predicted octanol–water partition coefficient (Wildman–Crippen LogP) is 4.54. The Labute approximate surface area is 201 Å². The molecule has 1 heterocycles. The van der Waals surface area contributed by atoms with Gasteiger partial charge in [-0.15, -0.1) is 34.5 Å². The van der Waals surface area contributed by atoms with Crippen molar-refractivity contribution in [3.63, 3.8) is 0 Å². The topological polar surface area (TPSA) is 88.6 Å². The lowest BCUT2D eigenvalue weighted by Crippen LogP contribution is -2.34. The van der Waals surface area contributed by atoms with Crippen molar-refractivity contribution in [3.05, 3.63) is 59.5 Å². The molecule has 0 bridgehead atoms. The monoisotopic (exact) mass is 513 g/mol. The maximum Gasteiger partial charge on any atom is 0.257 e. The molecule has 1 N–H and O–H groups in total. The van der Waals surface area contributed by atoms with Crippen LogP contribution in [-0.2, 0) is 10.0 Å². The lowest BCUT2D eigenvalue weighted by atomic mass is 10.2. The summed E-state index contributed by atoms with van der Waals surface area (Å²) in [7, 11) is -2.15. The van der Waals surface area contributed by atoms with E-state index in [0.29, 0.717) is 10.7 Å². The Hall–Kier alpha value is -2.17. The third-order valence-corrected chi connectivity index (χ3v) is 7.54. The van der Waals surface area contributed by atoms with Gasteiger partial charge in [0.1, 0.15) is 5.75 Å². The third kappa shape index (κ3) is 5.79. The number of methoxy groups -OCH3 is 1. The van der Waals surface area contributed by atoms with E-state index < -0.39 is 10.0 Å². The molecule has 0 unspecified atom stereocenters. The summed E-state index contributed by atoms with van der Waals surface area (Å²) in [4.78, 5) is 17.1. The SMILES string of the molecule is COc1ccc(-c2csc(NC(=O)c3ccc(S(=O)(=O)N(CCCl)CCCl)cc3)n2)cc1. The van der Waals surface area contributed by atoms with Crippen LogP contribution in [0.4, 0.5) is 5.13 Å². The van der Waals surface area contributed by atoms with Gasteiger partial charge >= 0.3 is 0 Å². The van der Waals surface area contributed by atoms with Crippen LogP contribution in [0.15, 0.2) is 58.8 Å². The van der Waals surface area contributed by atoms with Crippen molar-refractivity contribution < 1.29 is 17.9 Å². The molecule has 32 heavy (non-hydrogen) atoms. The van der Waals surface area contributed by atoms with Crippen molar-refractivity contribution in [1.29, 1.82) is 0 Å². The number of rotatable bonds is 10. The first kappa shape index (κ1) is 24.5. The number of thiazole rings is 1. The Kier molecular flexibility index (Phi) is 8.50. The summed E-state index contributed by atoms with van der Waals surface area (Å²) in [5.41, 5.74) is 1.94. The van der Waals surface area contributed by atoms with Gasteiger partial charge in [-0.05, 0) is 48.5 Å². The van der Waals surface area contributed by atoms with Crippen LogP contribution < -0.4 is 10.1 Å². The average molecular weight is 514 g/mol. The van der Waals surface area contributed by atoms with Crippen molar-refractivity contribution in [3.8, 4) is 17.0 Å². The van der Waals surface area contributed by atoms with Gasteiger partial charge in [-0.2, -0.15) is 4.31 Å². The summed E-state index contributed by atoms with van der Waals surface area (Å²) >= 11 is 12.7. The number of hydrogen-bond acceptors (Lipinski definition) is 6. The largest absolute Gasteiger partial charge is 0.497 e. The van der Waals surface area contributed by atoms with Gasteiger partial charge < -0.3 is 4.74 Å². The smallest absolute Gasteiger partial charge is 0.257 e. The summed E-state index contributed by atoms with van der Waals surface area (Å²) in [6.07, 6.45) is 0. The number of ether oxygens (including phenoxy) is 1. The molecule has 0 atom stereocenters. The third-order valence-electron chi connectivity index (χ3n) is 4.53. The molecule has 0 saturated heterocycles. The highest BCUT2D eigenvalue weighted by molar-refractivity contribution is 7.89. The fourth-order valence-corrected chi connectivity index (χ4v) is 5.63. The fraction of sp³-hybridized carbons (Fsp3) is 0.238. The fourth-order valence-electron chi connectivity index (χ4n) is 2.86. The number of anilines is 1. The van der Waals surface area contributed by atoms with Crippen LogP contribution in [0.1, 0.15) is 10.4 Å². The molecule has 7 nitrogen and oxygen atoms in total. The van der Waals surface area contributed by atoms with Crippen LogP contribution >= 0.6 is 34.5 Å². The van der Waals surface area contributed by atoms with Crippen LogP contribution in [-0.4, -0.2) is 55.6 Å². The Balaban J connectivity index is 1.70. The Morgan fingerprint density at radius 1 is 1.06 bits per heavy atom. The van der Waals surface area contributed by atoms with E-state index in [1.165, 1.54) is 39.9 Å². The molecule has 0 aliphatic rings. The summed E-state index contributed by atoms with van der Waals surface area (Å²) in [6.45, 7) is 0.304. The van der Waals surface area contributed by atoms with E-state index in [-0.39, 0.29) is 35.7 Å². The molecule has 2 aromatic carbocycles. The highest BCUT2D eigenvalue weighted by atomic mass is 35.5. The summed E-state index contributed by atoms with van der Waals surface area (Å²) < 4.78 is 31.9. The maximum absolute atomic E-state index is 12.8. The van der Waals surface area contributed by atoms with E-state index in [1.807, 2.05) is 29.6 Å². The first-order chi connectivity index (χ1) is 15.4. The van der Waals surface area contributed by atoms with Gasteiger partial charge in [0, 0.05) is 41.4 Å². The normalized spacial score (nSPS) is 11.5. The van der Waals surface area contributed by atoms with E-state index >= 15 is 0 Å². The number of nitrogens with zero attached hydrogens (tertiary/aromatic N) is 2. The van der Waals surface area contributed by atoms with E-state index in [4.69, 9.17) is 27.9 Å². The van der Waals surface area contributed by atoms with Crippen molar-refractivity contribution in [2.75, 3.05) is 37.3 Å². The summed E-state index contributed by atoms with van der Waals surface area (Å²) in [5, 5.41) is 5.02. The Bertz CT molecular complexity index is 1140. The Morgan fingerprint density at radius 3 is 2.25 bits per heavy atom. The van der Waals surface area contributed by atoms with Crippen molar-refractivity contribution in [1.82, 2.24) is 9.29 Å². The molecule has 0 radical (unpaired) electrons. The van der Waals surface area contributed by atoms with Crippen molar-refractivity contribution in [2.45, 2.75) is 4.90 Å². The molecule has 11 heteroatoms. The lowest BCUT2D eigenvalue weighted by molar-refractivity contribution is 0.102. The molecule has 1 aromatic heterocycles. The van der Waals surface area contributed by atoms with Crippen LogP contribution in [0.2, 0.25) is 0 Å². The molecule has 3 rings (SSSR count). The highest BCUT2D eigenvalue weighted by Crippen LogP contribution is 2.27. The van der Waals surface area contributed by atoms with E-state index in [2.05, 4.69) is 10.3 Å². The minimum Gasteiger partial charge on any atom is -0.497 e. The number of carbonyl (C=O) groups excluding carboxylic acids is 1. The second kappa shape index (κ2) is 11.1. The van der Waals surface area contributed by atoms with Gasteiger partial charge in [0.2, 0.25) is 10.0 Å². The van der Waals surface area contributed by atoms with Crippen molar-refractivity contribution in [2.24, 2.45) is 0 Å². The number of alkyl halides is 2. The van der Waals surface area contributed by atoms with Crippen LogP contribution in [0, 0.1) is 0 Å². The number of carbonyl (C=O) groups is 1. The van der Waals surface area contributed by atoms with Crippen molar-refractivity contribution >= 4 is 55.6 Å². The number of amides is 1. The van der Waals surface area contributed by atoms with E-state index in [0.717, 1.165) is 17.0 Å². The summed E-state index contributed by atoms with van der Waals surface area (Å²) in [6, 6.07) is 13.1. The average Bonchev–Trinajstić information content (AvgIpc) is 3.27. The highest BCUT2D eigenvalue weighted by Gasteiger charge is 2.23. The van der Waals surface area contributed by atoms with E-state index in [9.17, 15) is 13.2 Å². The number of nitrogens with one attached hydrogen (secondary N) is 1. The van der Waals surface area contributed by atoms with E-state index in [1.54, 1.807) is 7.11 Å². The zero-order valence-corrected chi connectivity index (χ0v) is 20.3. The standard InChI is InChI=1S/C21H21Cl2N3O4S2/c1-30-17-6-2-15(3-7-17)19-14-31-21(24-19)25-20(27)16-4-8-18(9-5-16)32(28,29)26(12-10-22)13-11-23/h2-9,14H,10-13H2,1H3,(H,24,25,27). The number of hydrogen-bond donors (Lipinski definition) is 1. The van der Waals surface area contributed by atoms with Gasteiger partial charge in [0.25, 0.3) is 5.91 Å². The van der Waals surface area contributed by atoms with Crippen LogP contribution in [0.5, 0.6) is 5.75 Å². The van der Waals surface area contributed by atoms with Gasteiger partial charge in [0.05, 0.1) is 17.7 Å². The molecule has 1 amide bonds. The van der Waals surface area contributed by atoms with Gasteiger partial charge in [-0.25, -0.2) is 13.4 Å². The number of halogens is 2. The quantitative estimate of drug-likeness (QED) is 0.402. The first-order valence-corrected chi connectivity index (χ1v) is 12.9. The van der Waals surface area contributed by atoms with Gasteiger partial charge in [0.15, 0.2) is 5.13 Å². The molecule has 0 aliphatic carbocycles. The lowest BCUT2D eigenvalue weighted by Gasteiger charge is -2.20. The van der Waals surface area contributed by atoms with Crippen LogP contribution in [0.25, 0.3) is 11.3 Å². The minimum absolute atomic E-state index is 0.0697. The summed E-state index contributed by atoms with van der Waals surface area (Å²) in [5.74, 6) is 0.672. The second-order valence-electron chi connectivity index (χ2n) is 6.53. The van der Waals surface area contributed by atoms with Gasteiger partial charge in [-0.3, -0.25) is 10.1 Å². The maximum atomic E-state index is 12.8. The minimum atomic E-state index is -3.75. The number of sulfonamides is 1. The van der Waals surface area contributed by atoms with Gasteiger partial charge in [-0.1, -0.05) is 0 Å². The molecule has 0 aliphatic heterocycles. The molecular weight excluding hydrogens is 493 g/mol. The molecular formula is C21H21Cl2N3O4S2. The Morgan fingerprint density at radius 2 is 1.69 bits per heavy atom. The molecule has 0 fully saturated rings. The zero-order chi connectivity index (χ0) is 23.1. The molecule has 0 spiro atoms. The zero-order valence-electron chi connectivity index (χ0n) is 17.1. The molecule has 3 aromatic rings. The second-order valence-corrected chi connectivity index (χ2v) is 10.1. The van der Waals surface area contributed by atoms with Crippen LogP contribution in [0.3, 0.4) is 0 Å². The predicted molar refractivity (Wildman–Crippen MR) is 129 cm³/mol. The molecule has 0 saturated carbocycles.